The molecule has 0 aliphatic carbocycles. The number of nitrogens with one attached hydrogen (secondary N) is 2. The van der Waals surface area contributed by atoms with Crippen LogP contribution in [0.15, 0.2) is 18.3 Å². The summed E-state index contributed by atoms with van der Waals surface area (Å²) in [6.45, 7) is 5.23. The van der Waals surface area contributed by atoms with E-state index in [2.05, 4.69) is 20.6 Å². The van der Waals surface area contributed by atoms with Gasteiger partial charge in [0.2, 0.25) is 0 Å². The maximum atomic E-state index is 11.0. The zero-order chi connectivity index (χ0) is 15.2. The van der Waals surface area contributed by atoms with E-state index in [0.29, 0.717) is 18.2 Å². The van der Waals surface area contributed by atoms with E-state index < -0.39 is 4.92 Å². The van der Waals surface area contributed by atoms with Crippen LogP contribution in [0, 0.1) is 17.0 Å². The summed E-state index contributed by atoms with van der Waals surface area (Å²) in [4.78, 5) is 20.1. The van der Waals surface area contributed by atoms with E-state index in [9.17, 15) is 10.1 Å². The lowest BCUT2D eigenvalue weighted by molar-refractivity contribution is -0.384. The zero-order valence-electron chi connectivity index (χ0n) is 11.9. The summed E-state index contributed by atoms with van der Waals surface area (Å²) in [5.74, 6) is 0.989. The first-order valence-corrected chi connectivity index (χ1v) is 7.45. The maximum absolute atomic E-state index is 11.0. The first-order valence-electron chi connectivity index (χ1n) is 6.64. The Hall–Kier alpha value is -2.22. The number of anilines is 2. The molecular weight excluding hydrogens is 290 g/mol. The SMILES string of the molecule is CCCNc1cc([N+](=O)[O-])cc(NCc2cnc(C)s2)n1. The van der Waals surface area contributed by atoms with Gasteiger partial charge in [-0.15, -0.1) is 11.3 Å². The molecule has 0 spiro atoms. The van der Waals surface area contributed by atoms with E-state index in [1.807, 2.05) is 13.8 Å². The minimum absolute atomic E-state index is 0.0200. The van der Waals surface area contributed by atoms with Gasteiger partial charge in [0.1, 0.15) is 11.6 Å². The Kier molecular flexibility index (Phi) is 5.04. The van der Waals surface area contributed by atoms with Gasteiger partial charge in [0.25, 0.3) is 5.69 Å². The second-order valence-electron chi connectivity index (χ2n) is 4.48. The molecule has 8 heteroatoms. The van der Waals surface area contributed by atoms with Crippen LogP contribution in [0.2, 0.25) is 0 Å². The molecule has 7 nitrogen and oxygen atoms in total. The molecule has 0 saturated carbocycles. The molecule has 112 valence electrons. The van der Waals surface area contributed by atoms with Crippen molar-refractivity contribution in [2.75, 3.05) is 17.2 Å². The van der Waals surface area contributed by atoms with Crippen molar-refractivity contribution in [3.8, 4) is 0 Å². The van der Waals surface area contributed by atoms with Crippen LogP contribution in [0.25, 0.3) is 0 Å². The molecule has 0 atom stereocenters. The summed E-state index contributed by atoms with van der Waals surface area (Å²) in [5.41, 5.74) is 0.0200. The first kappa shape index (κ1) is 15.2. The Labute approximate surface area is 126 Å². The van der Waals surface area contributed by atoms with E-state index in [4.69, 9.17) is 0 Å². The molecule has 21 heavy (non-hydrogen) atoms. The predicted octanol–water partition coefficient (Wildman–Crippen LogP) is 3.19. The number of nitrogens with zero attached hydrogens (tertiary/aromatic N) is 3. The van der Waals surface area contributed by atoms with Gasteiger partial charge in [-0.1, -0.05) is 6.92 Å². The fraction of sp³-hybridized carbons (Fsp3) is 0.385. The highest BCUT2D eigenvalue weighted by atomic mass is 32.1. The van der Waals surface area contributed by atoms with Gasteiger partial charge in [-0.05, 0) is 13.3 Å². The lowest BCUT2D eigenvalue weighted by atomic mass is 10.3. The fourth-order valence-electron chi connectivity index (χ4n) is 1.72. The van der Waals surface area contributed by atoms with E-state index in [-0.39, 0.29) is 5.69 Å². The molecule has 0 saturated heterocycles. The Balaban J connectivity index is 2.12. The van der Waals surface area contributed by atoms with Crippen LogP contribution in [0.4, 0.5) is 17.3 Å². The van der Waals surface area contributed by atoms with Gasteiger partial charge in [0.05, 0.1) is 28.6 Å². The van der Waals surface area contributed by atoms with E-state index in [0.717, 1.165) is 22.9 Å². The second kappa shape index (κ2) is 6.98. The first-order chi connectivity index (χ1) is 10.1. The maximum Gasteiger partial charge on any atom is 0.276 e. The molecule has 0 unspecified atom stereocenters. The monoisotopic (exact) mass is 307 g/mol. The van der Waals surface area contributed by atoms with Crippen molar-refractivity contribution in [1.82, 2.24) is 9.97 Å². The van der Waals surface area contributed by atoms with Gasteiger partial charge in [-0.2, -0.15) is 0 Å². The molecule has 2 aromatic rings. The molecule has 0 radical (unpaired) electrons. The van der Waals surface area contributed by atoms with Crippen LogP contribution in [-0.2, 0) is 6.54 Å². The van der Waals surface area contributed by atoms with Crippen LogP contribution in [0.5, 0.6) is 0 Å². The number of rotatable bonds is 7. The topological polar surface area (TPSA) is 93.0 Å². The predicted molar refractivity (Wildman–Crippen MR) is 83.8 cm³/mol. The van der Waals surface area contributed by atoms with Crippen LogP contribution >= 0.6 is 11.3 Å². The van der Waals surface area contributed by atoms with Gasteiger partial charge in [0.15, 0.2) is 0 Å². The number of hydrogen-bond donors (Lipinski definition) is 2. The standard InChI is InChI=1S/C13H17N5O2S/c1-3-4-14-12-5-10(18(19)20)6-13(17-12)16-8-11-7-15-9(2)21-11/h5-7H,3-4,8H2,1-2H3,(H2,14,16,17). The van der Waals surface area contributed by atoms with Crippen molar-refractivity contribution in [1.29, 1.82) is 0 Å². The van der Waals surface area contributed by atoms with Crippen LogP contribution in [-0.4, -0.2) is 21.4 Å². The average Bonchev–Trinajstić information content (AvgIpc) is 2.88. The minimum atomic E-state index is -0.416. The highest BCUT2D eigenvalue weighted by Crippen LogP contribution is 2.21. The van der Waals surface area contributed by atoms with E-state index in [1.165, 1.54) is 12.1 Å². The van der Waals surface area contributed by atoms with Gasteiger partial charge in [-0.25, -0.2) is 9.97 Å². The Bertz CT molecular complexity index is 629. The number of pyridine rings is 1. The average molecular weight is 307 g/mol. The van der Waals surface area contributed by atoms with Crippen molar-refractivity contribution < 1.29 is 4.92 Å². The van der Waals surface area contributed by atoms with Gasteiger partial charge < -0.3 is 10.6 Å². The van der Waals surface area contributed by atoms with Crippen molar-refractivity contribution in [3.63, 3.8) is 0 Å². The molecule has 0 amide bonds. The molecule has 0 aromatic carbocycles. The van der Waals surface area contributed by atoms with Crippen LogP contribution in [0.3, 0.4) is 0 Å². The summed E-state index contributed by atoms with van der Waals surface area (Å²) in [6.07, 6.45) is 2.72. The van der Waals surface area contributed by atoms with Crippen LogP contribution < -0.4 is 10.6 Å². The van der Waals surface area contributed by atoms with Crippen molar-refractivity contribution >= 4 is 28.7 Å². The fourth-order valence-corrected chi connectivity index (χ4v) is 2.46. The third-order valence-corrected chi connectivity index (χ3v) is 3.60. The second-order valence-corrected chi connectivity index (χ2v) is 5.80. The molecule has 2 rings (SSSR count). The Morgan fingerprint density at radius 1 is 1.33 bits per heavy atom. The number of nitro groups is 1. The van der Waals surface area contributed by atoms with Gasteiger partial charge in [-0.3, -0.25) is 10.1 Å². The lowest BCUT2D eigenvalue weighted by Gasteiger charge is -2.08. The Morgan fingerprint density at radius 2 is 2.05 bits per heavy atom. The van der Waals surface area contributed by atoms with E-state index in [1.54, 1.807) is 17.5 Å². The smallest absolute Gasteiger partial charge is 0.276 e. The summed E-state index contributed by atoms with van der Waals surface area (Å²) in [7, 11) is 0. The molecule has 0 bridgehead atoms. The highest BCUT2D eigenvalue weighted by molar-refractivity contribution is 7.11. The number of aryl methyl sites for hydroxylation is 1. The van der Waals surface area contributed by atoms with Gasteiger partial charge >= 0.3 is 0 Å². The molecule has 2 aromatic heterocycles. The molecule has 0 fully saturated rings. The number of aromatic nitrogens is 2. The summed E-state index contributed by atoms with van der Waals surface area (Å²) >= 11 is 1.58. The van der Waals surface area contributed by atoms with E-state index >= 15 is 0 Å². The normalized spacial score (nSPS) is 10.4. The van der Waals surface area contributed by atoms with Crippen molar-refractivity contribution in [2.45, 2.75) is 26.8 Å². The van der Waals surface area contributed by atoms with Crippen molar-refractivity contribution in [2.24, 2.45) is 0 Å². The quantitative estimate of drug-likeness (QED) is 0.603. The molecule has 0 aliphatic rings. The van der Waals surface area contributed by atoms with Crippen molar-refractivity contribution in [3.05, 3.63) is 38.3 Å². The minimum Gasteiger partial charge on any atom is -0.370 e. The highest BCUT2D eigenvalue weighted by Gasteiger charge is 2.11. The van der Waals surface area contributed by atoms with Gasteiger partial charge in [0, 0.05) is 17.6 Å². The molecule has 2 heterocycles. The third kappa shape index (κ3) is 4.38. The summed E-state index contributed by atoms with van der Waals surface area (Å²) in [6, 6.07) is 2.88. The summed E-state index contributed by atoms with van der Waals surface area (Å²) in [5, 5.41) is 18.1. The number of thiazole rings is 1. The zero-order valence-corrected chi connectivity index (χ0v) is 12.7. The summed E-state index contributed by atoms with van der Waals surface area (Å²) < 4.78 is 0. The molecule has 0 aliphatic heterocycles. The molecule has 2 N–H and O–H groups in total. The van der Waals surface area contributed by atoms with Crippen LogP contribution in [0.1, 0.15) is 23.2 Å². The largest absolute Gasteiger partial charge is 0.370 e. The Morgan fingerprint density at radius 3 is 2.62 bits per heavy atom. The third-order valence-electron chi connectivity index (χ3n) is 2.69. The number of hydrogen-bond acceptors (Lipinski definition) is 7. The lowest BCUT2D eigenvalue weighted by Crippen LogP contribution is -2.06. The molecular formula is C13H17N5O2S.